The molecule has 21 heteroatoms. The molecule has 5 aliphatic heterocycles. The van der Waals surface area contributed by atoms with E-state index in [2.05, 4.69) is 89.1 Å². The van der Waals surface area contributed by atoms with E-state index in [1.165, 1.54) is 55.9 Å². The summed E-state index contributed by atoms with van der Waals surface area (Å²) in [6.45, 7) is 11.1. The van der Waals surface area contributed by atoms with Crippen molar-refractivity contribution in [3.05, 3.63) is 216 Å². The lowest BCUT2D eigenvalue weighted by atomic mass is 9.76. The molecule has 4 aromatic heterocycles. The van der Waals surface area contributed by atoms with Crippen LogP contribution < -0.4 is 4.57 Å². The van der Waals surface area contributed by atoms with Crippen molar-refractivity contribution in [2.75, 3.05) is 65.4 Å². The summed E-state index contributed by atoms with van der Waals surface area (Å²) in [6, 6.07) is 27.1. The number of carbonyl (C=O) groups is 5. The van der Waals surface area contributed by atoms with Crippen LogP contribution in [0.3, 0.4) is 0 Å². The van der Waals surface area contributed by atoms with Gasteiger partial charge in [0.05, 0.1) is 28.5 Å². The molecule has 0 spiro atoms. The zero-order valence-electron chi connectivity index (χ0n) is 59.7. The van der Waals surface area contributed by atoms with Crippen LogP contribution in [0.25, 0.3) is 0 Å². The number of aryl methyl sites for hydroxylation is 7. The number of pyridine rings is 4. The number of halogens is 7. The quantitative estimate of drug-likeness (QED) is 0.130. The lowest BCUT2D eigenvalue weighted by Gasteiger charge is -2.38. The van der Waals surface area contributed by atoms with Crippen LogP contribution in [0.5, 0.6) is 0 Å². The molecule has 5 saturated heterocycles. The number of carbonyl (C=O) groups excluding carboxylic acids is 5. The minimum absolute atomic E-state index is 0.0627. The summed E-state index contributed by atoms with van der Waals surface area (Å²) in [5.41, 5.74) is 16.1. The number of aromatic nitrogens is 4. The van der Waals surface area contributed by atoms with Gasteiger partial charge in [0.25, 0.3) is 0 Å². The molecule has 5 amide bonds. The number of benzene rings is 3. The molecule has 9 heterocycles. The summed E-state index contributed by atoms with van der Waals surface area (Å²) in [7, 11) is 1.99. The first-order chi connectivity index (χ1) is 50.2. The van der Waals surface area contributed by atoms with Crippen LogP contribution in [0.2, 0.25) is 20.1 Å². The molecule has 104 heavy (non-hydrogen) atoms. The SMILES string of the molecule is CC(=O)N1CCC(CC(=O)N2CCC(C3c4ncc(Cl)cc4CCc4cc(Cl)cc(Cl)c43)CC2)CC1.CC(=O)N1CCC(CC(=O)N2CCC(C3c4ncccc4CCc4cc(Br)cc(Br)c43)CC2)CC1.C[n+]1ccc(CC(=O)N2CCC(C3c4ncccc4CCc4cc(Cl)cc(Br)c43)CC2)cc1. The zero-order chi connectivity index (χ0) is 72.9. The smallest absolute Gasteiger partial charge is 0.226 e. The van der Waals surface area contributed by atoms with Crippen molar-refractivity contribution >= 4 is 124 Å². The van der Waals surface area contributed by atoms with Gasteiger partial charge in [-0.15, -0.1) is 0 Å². The number of hydrogen-bond acceptors (Lipinski definition) is 8. The fourth-order valence-corrected chi connectivity index (χ4v) is 21.6. The summed E-state index contributed by atoms with van der Waals surface area (Å²) in [4.78, 5) is 86.9. The van der Waals surface area contributed by atoms with Gasteiger partial charge in [-0.2, -0.15) is 0 Å². The molecule has 3 aromatic carbocycles. The van der Waals surface area contributed by atoms with E-state index in [9.17, 15) is 24.0 Å². The van der Waals surface area contributed by atoms with Gasteiger partial charge >= 0.3 is 0 Å². The van der Waals surface area contributed by atoms with E-state index in [4.69, 9.17) is 61.4 Å². The number of amides is 5. The molecule has 15 rings (SSSR count). The maximum absolute atomic E-state index is 13.1. The Morgan fingerprint density at radius 1 is 0.433 bits per heavy atom. The van der Waals surface area contributed by atoms with Crippen LogP contribution >= 0.6 is 94.2 Å². The van der Waals surface area contributed by atoms with E-state index in [1.807, 2.05) is 98.5 Å². The molecular weight excluding hydrogens is 1580 g/mol. The molecule has 0 N–H and O–H groups in total. The molecule has 0 bridgehead atoms. The lowest BCUT2D eigenvalue weighted by molar-refractivity contribution is -0.671. The summed E-state index contributed by atoms with van der Waals surface area (Å²) in [5, 5.41) is 2.77. The number of rotatable bonds is 9. The Balaban J connectivity index is 0.000000139. The second-order valence-electron chi connectivity index (χ2n) is 30.1. The molecule has 0 saturated carbocycles. The van der Waals surface area contributed by atoms with Gasteiger partial charge in [-0.3, -0.25) is 38.9 Å². The van der Waals surface area contributed by atoms with Crippen LogP contribution in [-0.2, 0) is 76.0 Å². The third-order valence-corrected chi connectivity index (χ3v) is 26.4. The van der Waals surface area contributed by atoms with Gasteiger partial charge in [-0.25, -0.2) is 4.57 Å². The Bertz CT molecular complexity index is 4300. The van der Waals surface area contributed by atoms with E-state index in [0.29, 0.717) is 63.9 Å². The van der Waals surface area contributed by atoms with Gasteiger partial charge in [-0.1, -0.05) is 106 Å². The first-order valence-corrected chi connectivity index (χ1v) is 41.3. The standard InChI is InChI=1S/C28H33Br2N3O2.C28H32Cl3N3O2.C27H28BrClN3O/c1-18(34)32-11-6-19(7-12-32)15-25(35)33-13-8-20(9-14-33)27-26-22(16-23(29)17-24(26)30)5-4-21-3-2-10-31-28(21)27;1-17(35)33-8-4-18(5-9-33)12-25(36)34-10-6-19(7-11-34)27-26-20(13-22(29)15-24(26)31)2-3-21-14-23(30)16-32-28(21)27;1-31-11-6-18(7-12-31)15-24(33)32-13-8-19(9-14-32)26-25-21(16-22(29)17-23(25)28)5-4-20-3-2-10-30-27(20)26/h2-3,10,16-17,19-20,27H,4-9,11-15H2,1H3;13-16,18-19,27H,2-12H2,1H3;2-3,6-7,10-12,16-17,19,26H,4-5,8-9,13-15H2,1H3/q;;+1. The Labute approximate surface area is 658 Å². The van der Waals surface area contributed by atoms with Crippen molar-refractivity contribution in [3.63, 3.8) is 0 Å². The Hall–Kier alpha value is -5.79. The second-order valence-corrected chi connectivity index (χ2v) is 34.5. The highest BCUT2D eigenvalue weighted by atomic mass is 79.9. The normalized spacial score (nSPS) is 20.3. The van der Waals surface area contributed by atoms with Crippen molar-refractivity contribution in [1.29, 1.82) is 0 Å². The van der Waals surface area contributed by atoms with Crippen LogP contribution in [-0.4, -0.2) is 134 Å². The first kappa shape index (κ1) is 76.4. The van der Waals surface area contributed by atoms with Crippen LogP contribution in [0.15, 0.2) is 123 Å². The van der Waals surface area contributed by atoms with Gasteiger partial charge in [0, 0.05) is 169 Å². The highest BCUT2D eigenvalue weighted by Crippen LogP contribution is 2.50. The average molecular weight is 1680 g/mol. The summed E-state index contributed by atoms with van der Waals surface area (Å²) >= 11 is 37.3. The molecule has 7 aromatic rings. The van der Waals surface area contributed by atoms with E-state index in [-0.39, 0.29) is 47.3 Å². The molecule has 3 unspecified atom stereocenters. The molecular formula is C83H93Br3Cl4N9O5+. The number of hydrogen-bond donors (Lipinski definition) is 0. The van der Waals surface area contributed by atoms with Crippen LogP contribution in [0, 0.1) is 29.6 Å². The highest BCUT2D eigenvalue weighted by Gasteiger charge is 2.41. The maximum Gasteiger partial charge on any atom is 0.226 e. The summed E-state index contributed by atoms with van der Waals surface area (Å²) in [5.74, 6) is 3.54. The van der Waals surface area contributed by atoms with Crippen LogP contribution in [0.4, 0.5) is 0 Å². The third-order valence-electron chi connectivity index (χ3n) is 23.7. The fraction of sp³-hybridized carbons (Fsp3) is 0.482. The van der Waals surface area contributed by atoms with Gasteiger partial charge in [-0.05, 0) is 243 Å². The van der Waals surface area contributed by atoms with Gasteiger partial charge < -0.3 is 24.5 Å². The molecule has 548 valence electrons. The number of likely N-dealkylation sites (tertiary alicyclic amines) is 5. The predicted octanol–water partition coefficient (Wildman–Crippen LogP) is 16.9. The Morgan fingerprint density at radius 3 is 1.30 bits per heavy atom. The van der Waals surface area contributed by atoms with Gasteiger partial charge in [0.2, 0.25) is 29.5 Å². The largest absolute Gasteiger partial charge is 0.343 e. The van der Waals surface area contributed by atoms with Crippen molar-refractivity contribution in [2.24, 2.45) is 36.6 Å². The number of fused-ring (bicyclic) bond motifs is 6. The molecule has 3 aliphatic carbocycles. The maximum atomic E-state index is 13.1. The van der Waals surface area contributed by atoms with Gasteiger partial charge in [0.15, 0.2) is 12.4 Å². The van der Waals surface area contributed by atoms with E-state index < -0.39 is 0 Å². The van der Waals surface area contributed by atoms with E-state index in [1.54, 1.807) is 20.0 Å². The molecule has 5 fully saturated rings. The van der Waals surface area contributed by atoms with Crippen molar-refractivity contribution in [2.45, 2.75) is 154 Å². The number of nitrogens with zero attached hydrogens (tertiary/aromatic N) is 9. The monoisotopic (exact) mass is 1670 g/mol. The molecule has 0 radical (unpaired) electrons. The van der Waals surface area contributed by atoms with Crippen molar-refractivity contribution in [1.82, 2.24) is 39.5 Å². The Morgan fingerprint density at radius 2 is 0.817 bits per heavy atom. The predicted molar refractivity (Wildman–Crippen MR) is 421 cm³/mol. The summed E-state index contributed by atoms with van der Waals surface area (Å²) < 4.78 is 5.32. The van der Waals surface area contributed by atoms with Gasteiger partial charge in [0.1, 0.15) is 7.05 Å². The number of piperidine rings is 5. The minimum atomic E-state index is 0.0627. The first-order valence-electron chi connectivity index (χ1n) is 37.4. The van der Waals surface area contributed by atoms with Crippen LogP contribution in [0.1, 0.15) is 181 Å². The zero-order valence-corrected chi connectivity index (χ0v) is 67.5. The lowest BCUT2D eigenvalue weighted by Crippen LogP contribution is -2.42. The van der Waals surface area contributed by atoms with Crippen molar-refractivity contribution in [3.8, 4) is 0 Å². The summed E-state index contributed by atoms with van der Waals surface area (Å²) in [6.07, 6.45) is 26.3. The topological polar surface area (TPSA) is 144 Å². The molecule has 14 nitrogen and oxygen atoms in total. The average Bonchev–Trinajstić information content (AvgIpc) is 1.52. The second kappa shape index (κ2) is 34.6. The fourth-order valence-electron chi connectivity index (χ4n) is 18.1. The minimum Gasteiger partial charge on any atom is -0.343 e. The van der Waals surface area contributed by atoms with Crippen molar-refractivity contribution < 1.29 is 28.5 Å². The third kappa shape index (κ3) is 18.0. The molecule has 8 aliphatic rings. The van der Waals surface area contributed by atoms with E-state index >= 15 is 0 Å². The van der Waals surface area contributed by atoms with E-state index in [0.717, 1.165) is 203 Å². The highest BCUT2D eigenvalue weighted by molar-refractivity contribution is 9.11. The Kier molecular flexibility index (Phi) is 25.4. The molecule has 3 atom stereocenters.